The first-order valence-electron chi connectivity index (χ1n) is 10.6. The minimum absolute atomic E-state index is 0.116. The first-order valence-corrected chi connectivity index (χ1v) is 11.4. The molecule has 8 heteroatoms. The molecule has 3 aromatic rings. The van der Waals surface area contributed by atoms with Crippen LogP contribution in [-0.2, 0) is 27.1 Å². The Morgan fingerprint density at radius 2 is 1.91 bits per heavy atom. The number of aliphatic carboxylic acids is 1. The summed E-state index contributed by atoms with van der Waals surface area (Å²) in [6.07, 6.45) is 1.42. The van der Waals surface area contributed by atoms with Crippen molar-refractivity contribution in [3.63, 3.8) is 0 Å². The lowest BCUT2D eigenvalue weighted by Crippen LogP contribution is -2.48. The highest BCUT2D eigenvalue weighted by molar-refractivity contribution is 7.15. The Balaban J connectivity index is 1.25. The van der Waals surface area contributed by atoms with Crippen LogP contribution in [0.4, 0.5) is 0 Å². The highest BCUT2D eigenvalue weighted by atomic mass is 32.1. The molecule has 0 saturated carbocycles. The van der Waals surface area contributed by atoms with E-state index in [2.05, 4.69) is 18.0 Å². The smallest absolute Gasteiger partial charge is 0.364 e. The first kappa shape index (κ1) is 22.5. The number of rotatable bonds is 8. The highest BCUT2D eigenvalue weighted by Gasteiger charge is 2.40. The SMILES string of the molecule is Cc1ccc(-c2nc(CCOc3ccc(C[C@H]4CO[C@@](C)(C(=O)O)OC4)cc3)c(C)o2)s1. The molecule has 1 aliphatic heterocycles. The molecule has 2 aromatic heterocycles. The number of aryl methyl sites for hydroxylation is 2. The number of carboxylic acids is 1. The monoisotopic (exact) mass is 457 g/mol. The zero-order valence-corrected chi connectivity index (χ0v) is 19.2. The molecule has 0 bridgehead atoms. The number of thiophene rings is 1. The number of carboxylic acid groups (broad SMARTS) is 1. The zero-order chi connectivity index (χ0) is 22.7. The summed E-state index contributed by atoms with van der Waals surface area (Å²) in [5, 5.41) is 9.14. The standard InChI is InChI=1S/C24H27NO6S/c1-15-4-9-21(32-15)22-25-20(16(2)31-22)10-11-28-19-7-5-17(6-8-19)12-18-13-29-24(3,23(26)27)30-14-18/h4-9,18H,10-14H2,1-3H3,(H,26,27)/t18-,24+. The number of hydrogen-bond acceptors (Lipinski definition) is 7. The summed E-state index contributed by atoms with van der Waals surface area (Å²) >= 11 is 1.67. The van der Waals surface area contributed by atoms with E-state index in [4.69, 9.17) is 23.7 Å². The van der Waals surface area contributed by atoms with Crippen LogP contribution >= 0.6 is 11.3 Å². The molecule has 0 aliphatic carbocycles. The second-order valence-electron chi connectivity index (χ2n) is 8.12. The lowest BCUT2D eigenvalue weighted by molar-refractivity contribution is -0.270. The van der Waals surface area contributed by atoms with Gasteiger partial charge in [0.15, 0.2) is 0 Å². The first-order chi connectivity index (χ1) is 15.3. The van der Waals surface area contributed by atoms with Crippen molar-refractivity contribution >= 4 is 17.3 Å². The van der Waals surface area contributed by atoms with Crippen LogP contribution in [0.1, 0.15) is 28.8 Å². The number of oxazole rings is 1. The summed E-state index contributed by atoms with van der Waals surface area (Å²) in [4.78, 5) is 18.1. The Bertz CT molecular complexity index is 1060. The molecular weight excluding hydrogens is 430 g/mol. The maximum atomic E-state index is 11.2. The van der Waals surface area contributed by atoms with Crippen LogP contribution in [0, 0.1) is 19.8 Å². The quantitative estimate of drug-likeness (QED) is 0.527. The van der Waals surface area contributed by atoms with Crippen molar-refractivity contribution in [3.05, 3.63) is 58.3 Å². The molecule has 1 aromatic carbocycles. The average molecular weight is 458 g/mol. The second-order valence-corrected chi connectivity index (χ2v) is 9.41. The van der Waals surface area contributed by atoms with Crippen molar-refractivity contribution < 1.29 is 28.5 Å². The Morgan fingerprint density at radius 1 is 1.19 bits per heavy atom. The fourth-order valence-corrected chi connectivity index (χ4v) is 4.31. The summed E-state index contributed by atoms with van der Waals surface area (Å²) in [7, 11) is 0. The molecule has 1 fully saturated rings. The van der Waals surface area contributed by atoms with Crippen molar-refractivity contribution in [2.24, 2.45) is 5.92 Å². The van der Waals surface area contributed by atoms with Gasteiger partial charge in [0.25, 0.3) is 5.79 Å². The minimum atomic E-state index is -1.54. The number of aromatic nitrogens is 1. The number of nitrogens with zero attached hydrogens (tertiary/aromatic N) is 1. The second kappa shape index (κ2) is 9.44. The van der Waals surface area contributed by atoms with Crippen LogP contribution in [0.25, 0.3) is 10.8 Å². The summed E-state index contributed by atoms with van der Waals surface area (Å²) < 4.78 is 22.5. The van der Waals surface area contributed by atoms with Gasteiger partial charge in [-0.25, -0.2) is 9.78 Å². The molecule has 32 heavy (non-hydrogen) atoms. The molecule has 1 N–H and O–H groups in total. The zero-order valence-electron chi connectivity index (χ0n) is 18.4. The molecule has 1 aliphatic rings. The Labute approximate surface area is 191 Å². The highest BCUT2D eigenvalue weighted by Crippen LogP contribution is 2.29. The van der Waals surface area contributed by atoms with Gasteiger partial charge in [-0.15, -0.1) is 11.3 Å². The van der Waals surface area contributed by atoms with Gasteiger partial charge in [-0.05, 0) is 50.1 Å². The van der Waals surface area contributed by atoms with Crippen molar-refractivity contribution in [1.82, 2.24) is 4.98 Å². The molecule has 3 heterocycles. The van der Waals surface area contributed by atoms with Crippen LogP contribution in [0.5, 0.6) is 5.75 Å². The van der Waals surface area contributed by atoms with Gasteiger partial charge in [-0.3, -0.25) is 0 Å². The Morgan fingerprint density at radius 3 is 2.53 bits per heavy atom. The third kappa shape index (κ3) is 5.20. The lowest BCUT2D eigenvalue weighted by Gasteiger charge is -2.34. The molecular formula is C24H27NO6S. The third-order valence-electron chi connectivity index (χ3n) is 5.48. The molecule has 0 unspecified atom stereocenters. The molecule has 4 rings (SSSR count). The van der Waals surface area contributed by atoms with E-state index in [0.29, 0.717) is 32.1 Å². The van der Waals surface area contributed by atoms with Gasteiger partial charge in [0.2, 0.25) is 5.89 Å². The van der Waals surface area contributed by atoms with Crippen LogP contribution in [0.2, 0.25) is 0 Å². The summed E-state index contributed by atoms with van der Waals surface area (Å²) in [5.41, 5.74) is 2.03. The van der Waals surface area contributed by atoms with Gasteiger partial charge >= 0.3 is 5.97 Å². The van der Waals surface area contributed by atoms with E-state index in [0.717, 1.165) is 34.1 Å². The predicted octanol–water partition coefficient (Wildman–Crippen LogP) is 4.65. The third-order valence-corrected chi connectivity index (χ3v) is 6.47. The number of benzene rings is 1. The van der Waals surface area contributed by atoms with Crippen LogP contribution in [0.15, 0.2) is 40.8 Å². The van der Waals surface area contributed by atoms with Crippen molar-refractivity contribution in [2.75, 3.05) is 19.8 Å². The maximum absolute atomic E-state index is 11.2. The van der Waals surface area contributed by atoms with E-state index in [1.54, 1.807) is 11.3 Å². The fourth-order valence-electron chi connectivity index (χ4n) is 3.52. The van der Waals surface area contributed by atoms with E-state index >= 15 is 0 Å². The number of hydrogen-bond donors (Lipinski definition) is 1. The lowest BCUT2D eigenvalue weighted by atomic mass is 9.99. The molecule has 1 saturated heterocycles. The summed E-state index contributed by atoms with van der Waals surface area (Å²) in [6, 6.07) is 12.0. The number of ether oxygens (including phenoxy) is 3. The van der Waals surface area contributed by atoms with Crippen molar-refractivity contribution in [1.29, 1.82) is 0 Å². The van der Waals surface area contributed by atoms with E-state index in [9.17, 15) is 4.79 Å². The van der Waals surface area contributed by atoms with Crippen LogP contribution in [-0.4, -0.2) is 41.7 Å². The Kier molecular flexibility index (Phi) is 6.64. The normalized spacial score (nSPS) is 20.9. The summed E-state index contributed by atoms with van der Waals surface area (Å²) in [6.45, 7) is 6.64. The fraction of sp³-hybridized carbons (Fsp3) is 0.417. The Hall–Kier alpha value is -2.68. The molecule has 170 valence electrons. The van der Waals surface area contributed by atoms with Gasteiger partial charge in [-0.1, -0.05) is 12.1 Å². The maximum Gasteiger partial charge on any atom is 0.364 e. The van der Waals surface area contributed by atoms with E-state index in [1.807, 2.05) is 37.3 Å². The molecule has 7 nitrogen and oxygen atoms in total. The molecule has 0 atom stereocenters. The van der Waals surface area contributed by atoms with E-state index < -0.39 is 11.8 Å². The largest absolute Gasteiger partial charge is 0.493 e. The molecule has 0 spiro atoms. The van der Waals surface area contributed by atoms with Crippen molar-refractivity contribution in [2.45, 2.75) is 39.4 Å². The minimum Gasteiger partial charge on any atom is -0.493 e. The number of carbonyl (C=O) groups is 1. The van der Waals surface area contributed by atoms with Crippen LogP contribution in [0.3, 0.4) is 0 Å². The summed E-state index contributed by atoms with van der Waals surface area (Å²) in [5.74, 6) is -0.250. The van der Waals surface area contributed by atoms with Gasteiger partial charge < -0.3 is 23.7 Å². The van der Waals surface area contributed by atoms with E-state index in [1.165, 1.54) is 11.8 Å². The topological polar surface area (TPSA) is 91.0 Å². The molecule has 0 radical (unpaired) electrons. The van der Waals surface area contributed by atoms with Crippen molar-refractivity contribution in [3.8, 4) is 16.5 Å². The van der Waals surface area contributed by atoms with E-state index in [-0.39, 0.29) is 5.92 Å². The van der Waals surface area contributed by atoms with Gasteiger partial charge in [0.05, 0.1) is 30.4 Å². The van der Waals surface area contributed by atoms with Gasteiger partial charge in [0, 0.05) is 24.1 Å². The van der Waals surface area contributed by atoms with Gasteiger partial charge in [0.1, 0.15) is 11.5 Å². The van der Waals surface area contributed by atoms with Crippen LogP contribution < -0.4 is 4.74 Å². The average Bonchev–Trinajstić information content (AvgIpc) is 3.36. The van der Waals surface area contributed by atoms with Gasteiger partial charge in [-0.2, -0.15) is 0 Å². The predicted molar refractivity (Wildman–Crippen MR) is 120 cm³/mol. The molecule has 0 amide bonds.